The maximum atomic E-state index is 12.1. The lowest BCUT2D eigenvalue weighted by Gasteiger charge is -2.13. The van der Waals surface area contributed by atoms with Crippen molar-refractivity contribution in [2.75, 3.05) is 20.8 Å². The lowest BCUT2D eigenvalue weighted by molar-refractivity contribution is 0.0590. The van der Waals surface area contributed by atoms with Crippen LogP contribution in [0.1, 0.15) is 39.6 Å². The quantitative estimate of drug-likeness (QED) is 0.728. The van der Waals surface area contributed by atoms with E-state index in [1.54, 1.807) is 25.1 Å². The zero-order valence-corrected chi connectivity index (χ0v) is 15.7. The molecule has 2 rings (SSSR count). The summed E-state index contributed by atoms with van der Waals surface area (Å²) in [5.74, 6) is -0.117. The Morgan fingerprint density at radius 2 is 1.84 bits per heavy atom. The van der Waals surface area contributed by atoms with E-state index in [0.717, 1.165) is 0 Å². The zero-order chi connectivity index (χ0) is 18.6. The molecule has 0 spiro atoms. The summed E-state index contributed by atoms with van der Waals surface area (Å²) in [7, 11) is 2.65. The van der Waals surface area contributed by atoms with Crippen LogP contribution in [0, 0.1) is 12.8 Å². The lowest BCUT2D eigenvalue weighted by Crippen LogP contribution is -2.10. The standard InChI is InChI=1S/C18H21NO5S/c1-10(2)9-24-14-7-6-12(8-13(14)17(20)22-4)16-19-11(3)15(25-16)18(21)23-5/h6-8,10H,9H2,1-5H3. The monoisotopic (exact) mass is 363 g/mol. The molecule has 0 unspecified atom stereocenters. The third kappa shape index (κ3) is 4.36. The fraction of sp³-hybridized carbons (Fsp3) is 0.389. The van der Waals surface area contributed by atoms with Crippen LogP contribution in [-0.4, -0.2) is 37.7 Å². The fourth-order valence-corrected chi connectivity index (χ4v) is 3.10. The van der Waals surface area contributed by atoms with Crippen LogP contribution in [0.3, 0.4) is 0 Å². The predicted octanol–water partition coefficient (Wildman–Crippen LogP) is 3.73. The second-order valence-corrected chi connectivity index (χ2v) is 6.83. The third-order valence-electron chi connectivity index (χ3n) is 3.37. The predicted molar refractivity (Wildman–Crippen MR) is 95.3 cm³/mol. The first-order chi connectivity index (χ1) is 11.9. The molecule has 134 valence electrons. The maximum absolute atomic E-state index is 12.1. The molecule has 25 heavy (non-hydrogen) atoms. The molecule has 1 heterocycles. The highest BCUT2D eigenvalue weighted by Crippen LogP contribution is 2.32. The molecule has 0 aliphatic heterocycles. The summed E-state index contributed by atoms with van der Waals surface area (Å²) in [6.45, 7) is 6.29. The Labute approximate surface area is 150 Å². The molecule has 0 aliphatic rings. The van der Waals surface area contributed by atoms with E-state index in [1.807, 2.05) is 13.8 Å². The van der Waals surface area contributed by atoms with Gasteiger partial charge in [-0.15, -0.1) is 11.3 Å². The van der Waals surface area contributed by atoms with Crippen LogP contribution in [0.15, 0.2) is 18.2 Å². The van der Waals surface area contributed by atoms with Gasteiger partial charge in [-0.1, -0.05) is 13.8 Å². The van der Waals surface area contributed by atoms with Crippen molar-refractivity contribution >= 4 is 23.3 Å². The van der Waals surface area contributed by atoms with E-state index in [4.69, 9.17) is 14.2 Å². The number of methoxy groups -OCH3 is 2. The summed E-state index contributed by atoms with van der Waals surface area (Å²) in [5.41, 5.74) is 1.63. The molecule has 6 nitrogen and oxygen atoms in total. The van der Waals surface area contributed by atoms with Crippen LogP contribution < -0.4 is 4.74 Å². The van der Waals surface area contributed by atoms with Crippen LogP contribution in [0.5, 0.6) is 5.75 Å². The van der Waals surface area contributed by atoms with E-state index in [-0.39, 0.29) is 0 Å². The van der Waals surface area contributed by atoms with Gasteiger partial charge in [0.25, 0.3) is 0 Å². The molecule has 0 N–H and O–H groups in total. The maximum Gasteiger partial charge on any atom is 0.349 e. The molecule has 0 saturated carbocycles. The number of ether oxygens (including phenoxy) is 3. The second kappa shape index (κ2) is 8.11. The Bertz CT molecular complexity index is 782. The average Bonchev–Trinajstić information content (AvgIpc) is 3.00. The van der Waals surface area contributed by atoms with Crippen molar-refractivity contribution in [3.8, 4) is 16.3 Å². The van der Waals surface area contributed by atoms with Gasteiger partial charge < -0.3 is 14.2 Å². The number of aryl methyl sites for hydroxylation is 1. The molecule has 0 amide bonds. The van der Waals surface area contributed by atoms with E-state index in [9.17, 15) is 9.59 Å². The minimum Gasteiger partial charge on any atom is -0.492 e. The molecule has 0 fully saturated rings. The van der Waals surface area contributed by atoms with Gasteiger partial charge in [-0.05, 0) is 31.0 Å². The lowest BCUT2D eigenvalue weighted by atomic mass is 10.1. The van der Waals surface area contributed by atoms with Gasteiger partial charge in [-0.2, -0.15) is 0 Å². The number of benzene rings is 1. The highest BCUT2D eigenvalue weighted by Gasteiger charge is 2.20. The van der Waals surface area contributed by atoms with E-state index < -0.39 is 11.9 Å². The largest absolute Gasteiger partial charge is 0.492 e. The van der Waals surface area contributed by atoms with Gasteiger partial charge in [-0.25, -0.2) is 14.6 Å². The van der Waals surface area contributed by atoms with Crippen molar-refractivity contribution in [2.24, 2.45) is 5.92 Å². The highest BCUT2D eigenvalue weighted by molar-refractivity contribution is 7.17. The first-order valence-electron chi connectivity index (χ1n) is 7.78. The molecule has 1 aromatic carbocycles. The first kappa shape index (κ1) is 18.9. The van der Waals surface area contributed by atoms with Crippen molar-refractivity contribution in [3.63, 3.8) is 0 Å². The Morgan fingerprint density at radius 3 is 2.44 bits per heavy atom. The van der Waals surface area contributed by atoms with Gasteiger partial charge >= 0.3 is 11.9 Å². The average molecular weight is 363 g/mol. The Morgan fingerprint density at radius 1 is 1.16 bits per heavy atom. The minimum atomic E-state index is -0.484. The van der Waals surface area contributed by atoms with E-state index in [2.05, 4.69) is 4.98 Å². The van der Waals surface area contributed by atoms with Gasteiger partial charge in [0.2, 0.25) is 0 Å². The minimum absolute atomic E-state index is 0.327. The smallest absolute Gasteiger partial charge is 0.349 e. The van der Waals surface area contributed by atoms with E-state index in [1.165, 1.54) is 25.6 Å². The number of nitrogens with zero attached hydrogens (tertiary/aromatic N) is 1. The van der Waals surface area contributed by atoms with Gasteiger partial charge in [-0.3, -0.25) is 0 Å². The van der Waals surface area contributed by atoms with Gasteiger partial charge in [0.05, 0.1) is 26.5 Å². The normalized spacial score (nSPS) is 10.6. The van der Waals surface area contributed by atoms with Gasteiger partial charge in [0.15, 0.2) is 0 Å². The Balaban J connectivity index is 2.42. The number of esters is 2. The number of hydrogen-bond donors (Lipinski definition) is 0. The number of hydrogen-bond acceptors (Lipinski definition) is 7. The molecule has 0 saturated heterocycles. The molecule has 0 radical (unpaired) electrons. The number of carbonyl (C=O) groups is 2. The van der Waals surface area contributed by atoms with Crippen LogP contribution in [0.25, 0.3) is 10.6 Å². The molecule has 2 aromatic rings. The highest BCUT2D eigenvalue weighted by atomic mass is 32.1. The Kier molecular flexibility index (Phi) is 6.14. The number of carbonyl (C=O) groups excluding carboxylic acids is 2. The fourth-order valence-electron chi connectivity index (χ4n) is 2.12. The van der Waals surface area contributed by atoms with Crippen LogP contribution in [-0.2, 0) is 9.47 Å². The van der Waals surface area contributed by atoms with Gasteiger partial charge in [0.1, 0.15) is 21.2 Å². The van der Waals surface area contributed by atoms with Crippen molar-refractivity contribution < 1.29 is 23.8 Å². The van der Waals surface area contributed by atoms with Crippen LogP contribution in [0.4, 0.5) is 0 Å². The molecular weight excluding hydrogens is 342 g/mol. The van der Waals surface area contributed by atoms with Crippen molar-refractivity contribution in [3.05, 3.63) is 34.3 Å². The molecule has 0 atom stereocenters. The summed E-state index contributed by atoms with van der Waals surface area (Å²) in [6.07, 6.45) is 0. The van der Waals surface area contributed by atoms with Crippen LogP contribution in [0.2, 0.25) is 0 Å². The molecule has 7 heteroatoms. The molecule has 1 aromatic heterocycles. The topological polar surface area (TPSA) is 74.7 Å². The second-order valence-electron chi connectivity index (χ2n) is 5.83. The number of aromatic nitrogens is 1. The molecular formula is C18H21NO5S. The zero-order valence-electron chi connectivity index (χ0n) is 14.9. The first-order valence-corrected chi connectivity index (χ1v) is 8.60. The van der Waals surface area contributed by atoms with Crippen LogP contribution >= 0.6 is 11.3 Å². The van der Waals surface area contributed by atoms with Crippen molar-refractivity contribution in [1.29, 1.82) is 0 Å². The van der Waals surface area contributed by atoms with Gasteiger partial charge in [0, 0.05) is 5.56 Å². The van der Waals surface area contributed by atoms with E-state index in [0.29, 0.717) is 45.0 Å². The summed E-state index contributed by atoms with van der Waals surface area (Å²) in [5, 5.41) is 0.624. The third-order valence-corrected chi connectivity index (χ3v) is 4.56. The number of thiazole rings is 1. The van der Waals surface area contributed by atoms with E-state index >= 15 is 0 Å². The van der Waals surface area contributed by atoms with Crippen molar-refractivity contribution in [1.82, 2.24) is 4.98 Å². The Hall–Kier alpha value is -2.41. The molecule has 0 bridgehead atoms. The molecule has 0 aliphatic carbocycles. The summed E-state index contributed by atoms with van der Waals surface area (Å²) in [4.78, 5) is 28.7. The summed E-state index contributed by atoms with van der Waals surface area (Å²) >= 11 is 1.22. The SMILES string of the molecule is COC(=O)c1cc(-c2nc(C)c(C(=O)OC)s2)ccc1OCC(C)C. The number of rotatable bonds is 6. The van der Waals surface area contributed by atoms with Crippen molar-refractivity contribution in [2.45, 2.75) is 20.8 Å². The summed E-state index contributed by atoms with van der Waals surface area (Å²) < 4.78 is 15.3. The summed E-state index contributed by atoms with van der Waals surface area (Å²) in [6, 6.07) is 5.20.